The van der Waals surface area contributed by atoms with Crippen molar-refractivity contribution < 1.29 is 29.4 Å². The van der Waals surface area contributed by atoms with Crippen molar-refractivity contribution in [2.75, 3.05) is 0 Å². The van der Waals surface area contributed by atoms with Crippen molar-refractivity contribution in [3.63, 3.8) is 0 Å². The van der Waals surface area contributed by atoms with Crippen LogP contribution in [0.3, 0.4) is 0 Å². The number of aliphatic carboxylic acids is 2. The molecule has 0 heterocycles. The number of hydrogen-bond donors (Lipinski definition) is 4. The first kappa shape index (κ1) is 16.5. The Kier molecular flexibility index (Phi) is 8.60. The maximum absolute atomic E-state index is 10.1. The van der Waals surface area contributed by atoms with Gasteiger partial charge in [-0.05, 0) is 6.42 Å². The van der Waals surface area contributed by atoms with E-state index in [1.165, 1.54) is 0 Å². The number of nitrogens with two attached hydrogens (primary N) is 2. The Hall–Kier alpha value is -1.96. The van der Waals surface area contributed by atoms with Crippen LogP contribution in [-0.4, -0.2) is 39.9 Å². The smallest absolute Gasteiger partial charge is 0.371 e. The molecule has 8 nitrogen and oxygen atoms in total. The average Bonchev–Trinajstić information content (AvgIpc) is 2.14. The molecule has 0 aromatic rings. The number of amides is 1. The fraction of sp³-hybridized carbons (Fsp3) is 0.500. The molecule has 1 amide bonds. The zero-order valence-electron chi connectivity index (χ0n) is 8.67. The number of primary amides is 1. The summed E-state index contributed by atoms with van der Waals surface area (Å²) in [6.07, 6.45) is 0.123. The highest BCUT2D eigenvalue weighted by Crippen LogP contribution is 1.92. The quantitative estimate of drug-likeness (QED) is 0.413. The van der Waals surface area contributed by atoms with Gasteiger partial charge in [0.15, 0.2) is 0 Å². The van der Waals surface area contributed by atoms with E-state index in [4.69, 9.17) is 21.7 Å². The second kappa shape index (κ2) is 8.36. The van der Waals surface area contributed by atoms with Crippen LogP contribution in [0.2, 0.25) is 0 Å². The molecule has 0 aromatic heterocycles. The maximum Gasteiger partial charge on any atom is 0.371 e. The maximum atomic E-state index is 10.1. The SMILES string of the molecule is CC(=O)C(=O)O.NC(=O)CC[C@H](N)C(=O)O. The Morgan fingerprint density at radius 2 is 1.56 bits per heavy atom. The van der Waals surface area contributed by atoms with Crippen molar-refractivity contribution in [2.24, 2.45) is 11.5 Å². The molecule has 0 spiro atoms. The Morgan fingerprint density at radius 1 is 1.19 bits per heavy atom. The van der Waals surface area contributed by atoms with E-state index in [1.807, 2.05) is 0 Å². The highest BCUT2D eigenvalue weighted by molar-refractivity contribution is 6.31. The highest BCUT2D eigenvalue weighted by Gasteiger charge is 2.11. The topological polar surface area (TPSA) is 161 Å². The highest BCUT2D eigenvalue weighted by atomic mass is 16.4. The molecule has 0 bridgehead atoms. The molecule has 0 fully saturated rings. The van der Waals surface area contributed by atoms with Gasteiger partial charge in [0.25, 0.3) is 0 Å². The second-order valence-electron chi connectivity index (χ2n) is 2.81. The summed E-state index contributed by atoms with van der Waals surface area (Å²) in [4.78, 5) is 39.0. The van der Waals surface area contributed by atoms with Gasteiger partial charge in [0.05, 0.1) is 0 Å². The molecule has 6 N–H and O–H groups in total. The van der Waals surface area contributed by atoms with Crippen LogP contribution in [0.4, 0.5) is 0 Å². The standard InChI is InChI=1S/C5H10N2O3.C3H4O3/c6-3(5(9)10)1-2-4(7)8;1-2(4)3(5)6/h3H,1-2,6H2,(H2,7,8)(H,9,10);1H3,(H,5,6)/t3-;/m0./s1. The summed E-state index contributed by atoms with van der Waals surface area (Å²) in [5.74, 6) is -3.84. The third-order valence-electron chi connectivity index (χ3n) is 1.32. The van der Waals surface area contributed by atoms with Crippen LogP contribution in [0.5, 0.6) is 0 Å². The van der Waals surface area contributed by atoms with E-state index in [0.717, 1.165) is 6.92 Å². The fourth-order valence-electron chi connectivity index (χ4n) is 0.421. The zero-order valence-corrected chi connectivity index (χ0v) is 8.67. The molecule has 0 unspecified atom stereocenters. The van der Waals surface area contributed by atoms with E-state index >= 15 is 0 Å². The lowest BCUT2D eigenvalue weighted by Crippen LogP contribution is -2.31. The Balaban J connectivity index is 0. The van der Waals surface area contributed by atoms with Gasteiger partial charge in [-0.15, -0.1) is 0 Å². The van der Waals surface area contributed by atoms with Crippen LogP contribution < -0.4 is 11.5 Å². The molecule has 1 atom stereocenters. The second-order valence-corrected chi connectivity index (χ2v) is 2.81. The molecular weight excluding hydrogens is 220 g/mol. The fourth-order valence-corrected chi connectivity index (χ4v) is 0.421. The average molecular weight is 234 g/mol. The molecule has 0 rings (SSSR count). The molecule has 8 heteroatoms. The van der Waals surface area contributed by atoms with Crippen molar-refractivity contribution in [2.45, 2.75) is 25.8 Å². The summed E-state index contributed by atoms with van der Waals surface area (Å²) in [5, 5.41) is 15.9. The van der Waals surface area contributed by atoms with Crippen molar-refractivity contribution in [1.29, 1.82) is 0 Å². The first-order chi connectivity index (χ1) is 7.18. The third kappa shape index (κ3) is 12.0. The summed E-state index contributed by atoms with van der Waals surface area (Å²) < 4.78 is 0. The van der Waals surface area contributed by atoms with E-state index in [0.29, 0.717) is 0 Å². The van der Waals surface area contributed by atoms with E-state index in [-0.39, 0.29) is 12.8 Å². The van der Waals surface area contributed by atoms with Crippen molar-refractivity contribution in [3.05, 3.63) is 0 Å². The van der Waals surface area contributed by atoms with E-state index in [1.54, 1.807) is 0 Å². The zero-order chi connectivity index (χ0) is 13.3. The predicted molar refractivity (Wildman–Crippen MR) is 52.4 cm³/mol. The van der Waals surface area contributed by atoms with Gasteiger partial charge >= 0.3 is 11.9 Å². The molecule has 0 aliphatic heterocycles. The van der Waals surface area contributed by atoms with E-state index in [2.05, 4.69) is 0 Å². The Bertz CT molecular complexity index is 276. The number of carbonyl (C=O) groups excluding carboxylic acids is 2. The van der Waals surface area contributed by atoms with E-state index in [9.17, 15) is 19.2 Å². The van der Waals surface area contributed by atoms with Crippen LogP contribution in [0.1, 0.15) is 19.8 Å². The molecule has 92 valence electrons. The molecule has 0 aliphatic carbocycles. The van der Waals surface area contributed by atoms with Crippen molar-refractivity contribution in [3.8, 4) is 0 Å². The van der Waals surface area contributed by atoms with Crippen molar-refractivity contribution in [1.82, 2.24) is 0 Å². The van der Waals surface area contributed by atoms with Crippen LogP contribution in [-0.2, 0) is 19.2 Å². The number of Topliss-reactive ketones (excluding diaryl/α,β-unsaturated/α-hetero) is 1. The van der Waals surface area contributed by atoms with Gasteiger partial charge in [-0.25, -0.2) is 4.79 Å². The van der Waals surface area contributed by atoms with Gasteiger partial charge in [0.2, 0.25) is 11.7 Å². The van der Waals surface area contributed by atoms with Gasteiger partial charge in [-0.3, -0.25) is 14.4 Å². The minimum absolute atomic E-state index is 0.0213. The molecule has 0 radical (unpaired) electrons. The normalized spacial score (nSPS) is 10.6. The first-order valence-corrected chi connectivity index (χ1v) is 4.19. The Labute approximate surface area is 91.2 Å². The van der Waals surface area contributed by atoms with Gasteiger partial charge < -0.3 is 21.7 Å². The summed E-state index contributed by atoms with van der Waals surface area (Å²) in [6.45, 7) is 1.00. The molecule has 16 heavy (non-hydrogen) atoms. The largest absolute Gasteiger partial charge is 0.480 e. The molecule has 0 saturated carbocycles. The number of hydrogen-bond acceptors (Lipinski definition) is 5. The van der Waals surface area contributed by atoms with E-state index < -0.39 is 29.7 Å². The number of carboxylic acids is 2. The monoisotopic (exact) mass is 234 g/mol. The van der Waals surface area contributed by atoms with Gasteiger partial charge in [0.1, 0.15) is 6.04 Å². The third-order valence-corrected chi connectivity index (χ3v) is 1.32. The number of rotatable bonds is 5. The summed E-state index contributed by atoms with van der Waals surface area (Å²) in [6, 6.07) is -0.979. The summed E-state index contributed by atoms with van der Waals surface area (Å²) >= 11 is 0. The summed E-state index contributed by atoms with van der Waals surface area (Å²) in [7, 11) is 0. The minimum atomic E-state index is -1.38. The number of carbonyl (C=O) groups is 4. The van der Waals surface area contributed by atoms with Crippen LogP contribution in [0, 0.1) is 0 Å². The number of carboxylic acid groups (broad SMARTS) is 2. The molecule has 0 aromatic carbocycles. The van der Waals surface area contributed by atoms with Crippen LogP contribution >= 0.6 is 0 Å². The van der Waals surface area contributed by atoms with Gasteiger partial charge in [-0.1, -0.05) is 0 Å². The summed E-state index contributed by atoms with van der Waals surface area (Å²) in [5.41, 5.74) is 9.81. The number of ketones is 1. The Morgan fingerprint density at radius 3 is 1.75 bits per heavy atom. The molecule has 0 saturated heterocycles. The minimum Gasteiger partial charge on any atom is -0.480 e. The van der Waals surface area contributed by atoms with Crippen LogP contribution in [0.15, 0.2) is 0 Å². The first-order valence-electron chi connectivity index (χ1n) is 4.19. The van der Waals surface area contributed by atoms with Gasteiger partial charge in [0, 0.05) is 13.3 Å². The van der Waals surface area contributed by atoms with Crippen molar-refractivity contribution >= 4 is 23.6 Å². The lowest BCUT2D eigenvalue weighted by Gasteiger charge is -2.01. The van der Waals surface area contributed by atoms with Gasteiger partial charge in [-0.2, -0.15) is 0 Å². The van der Waals surface area contributed by atoms with Crippen LogP contribution in [0.25, 0.3) is 0 Å². The predicted octanol–water partition coefficient (Wildman–Crippen LogP) is -1.68. The lowest BCUT2D eigenvalue weighted by atomic mass is 10.2. The molecular formula is C8H14N2O6. The molecule has 0 aliphatic rings. The lowest BCUT2D eigenvalue weighted by molar-refractivity contribution is -0.148.